The van der Waals surface area contributed by atoms with Crippen LogP contribution in [0.1, 0.15) is 65.7 Å². The molecule has 3 fully saturated rings. The topological polar surface area (TPSA) is 57.5 Å². The van der Waals surface area contributed by atoms with E-state index in [1.54, 1.807) is 6.92 Å². The number of allylic oxidation sites excluding steroid dienone is 1. The van der Waals surface area contributed by atoms with Crippen molar-refractivity contribution >= 4 is 5.78 Å². The van der Waals surface area contributed by atoms with Gasteiger partial charge in [-0.25, -0.2) is 0 Å². The Balaban J connectivity index is 1.68. The number of carbonyl (C=O) groups is 1. The van der Waals surface area contributed by atoms with Crippen LogP contribution in [-0.2, 0) is 4.79 Å². The Bertz CT molecular complexity index is 582. The van der Waals surface area contributed by atoms with Crippen molar-refractivity contribution in [3.63, 3.8) is 0 Å². The zero-order valence-electron chi connectivity index (χ0n) is 15.3. The summed E-state index contributed by atoms with van der Waals surface area (Å²) in [6, 6.07) is 0. The molecule has 4 aliphatic rings. The number of fused-ring (bicyclic) bond motifs is 5. The van der Waals surface area contributed by atoms with E-state index in [2.05, 4.69) is 19.9 Å². The van der Waals surface area contributed by atoms with Crippen LogP contribution in [0.15, 0.2) is 11.6 Å². The zero-order chi connectivity index (χ0) is 17.3. The molecule has 0 radical (unpaired) electrons. The molecule has 0 aromatic heterocycles. The third-order valence-electron chi connectivity index (χ3n) is 8.54. The summed E-state index contributed by atoms with van der Waals surface area (Å²) >= 11 is 0. The van der Waals surface area contributed by atoms with Crippen molar-refractivity contribution in [2.24, 2.45) is 34.5 Å². The molecule has 0 bridgehead atoms. The molecule has 0 heterocycles. The maximum atomic E-state index is 12.2. The number of ketones is 1. The van der Waals surface area contributed by atoms with Gasteiger partial charge in [0.05, 0.1) is 12.2 Å². The van der Waals surface area contributed by atoms with E-state index < -0.39 is 6.10 Å². The SMILES string of the molecule is CC(=O)[C@@H]1C(O)CC2C3CC=C4C[C@@H](O)CC[C@]4(C)C3CC[C@@]21C. The van der Waals surface area contributed by atoms with Gasteiger partial charge in [-0.3, -0.25) is 4.79 Å². The molecule has 24 heavy (non-hydrogen) atoms. The molecule has 2 N–H and O–H groups in total. The second kappa shape index (κ2) is 5.41. The Hall–Kier alpha value is -0.670. The van der Waals surface area contributed by atoms with Gasteiger partial charge in [0.2, 0.25) is 0 Å². The van der Waals surface area contributed by atoms with Crippen molar-refractivity contribution in [3.8, 4) is 0 Å². The summed E-state index contributed by atoms with van der Waals surface area (Å²) in [5, 5.41) is 20.7. The predicted molar refractivity (Wildman–Crippen MR) is 93.3 cm³/mol. The van der Waals surface area contributed by atoms with Crippen molar-refractivity contribution in [2.45, 2.75) is 77.9 Å². The molecular formula is C21H32O3. The molecule has 0 aromatic carbocycles. The summed E-state index contributed by atoms with van der Waals surface area (Å²) in [5.41, 5.74) is 1.68. The molecule has 0 amide bonds. The van der Waals surface area contributed by atoms with Gasteiger partial charge in [0, 0.05) is 5.92 Å². The van der Waals surface area contributed by atoms with Crippen molar-refractivity contribution in [2.75, 3.05) is 0 Å². The van der Waals surface area contributed by atoms with E-state index in [1.165, 1.54) is 5.57 Å². The lowest BCUT2D eigenvalue weighted by molar-refractivity contribution is -0.130. The van der Waals surface area contributed by atoms with E-state index in [0.717, 1.165) is 44.9 Å². The van der Waals surface area contributed by atoms with Crippen LogP contribution in [0.4, 0.5) is 0 Å². The van der Waals surface area contributed by atoms with Gasteiger partial charge in [-0.2, -0.15) is 0 Å². The summed E-state index contributed by atoms with van der Waals surface area (Å²) in [6.45, 7) is 6.34. The molecule has 4 unspecified atom stereocenters. The third-order valence-corrected chi connectivity index (χ3v) is 8.54. The summed E-state index contributed by atoms with van der Waals surface area (Å²) in [6.07, 6.45) is 8.73. The van der Waals surface area contributed by atoms with Crippen LogP contribution in [0.5, 0.6) is 0 Å². The fourth-order valence-electron chi connectivity index (χ4n) is 7.39. The minimum absolute atomic E-state index is 0.0255. The van der Waals surface area contributed by atoms with Crippen LogP contribution < -0.4 is 0 Å². The van der Waals surface area contributed by atoms with E-state index in [9.17, 15) is 15.0 Å². The van der Waals surface area contributed by atoms with Gasteiger partial charge in [-0.15, -0.1) is 0 Å². The number of aliphatic hydroxyl groups excluding tert-OH is 2. The Labute approximate surface area is 145 Å². The Morgan fingerprint density at radius 3 is 2.62 bits per heavy atom. The highest BCUT2D eigenvalue weighted by Crippen LogP contribution is 2.66. The first kappa shape index (κ1) is 16.8. The Morgan fingerprint density at radius 1 is 1.17 bits per heavy atom. The highest BCUT2D eigenvalue weighted by Gasteiger charge is 2.61. The van der Waals surface area contributed by atoms with Crippen LogP contribution in [0.3, 0.4) is 0 Å². The van der Waals surface area contributed by atoms with Gasteiger partial charge in [-0.1, -0.05) is 25.5 Å². The van der Waals surface area contributed by atoms with Crippen LogP contribution in [0.25, 0.3) is 0 Å². The maximum Gasteiger partial charge on any atom is 0.136 e. The van der Waals surface area contributed by atoms with Crippen LogP contribution in [0, 0.1) is 34.5 Å². The minimum atomic E-state index is -0.456. The van der Waals surface area contributed by atoms with Crippen molar-refractivity contribution in [1.82, 2.24) is 0 Å². The van der Waals surface area contributed by atoms with E-state index in [1.807, 2.05) is 0 Å². The Kier molecular flexibility index (Phi) is 3.78. The number of carbonyl (C=O) groups excluding carboxylic acids is 1. The first-order chi connectivity index (χ1) is 11.3. The largest absolute Gasteiger partial charge is 0.393 e. The quantitative estimate of drug-likeness (QED) is 0.723. The highest BCUT2D eigenvalue weighted by atomic mass is 16.3. The summed E-state index contributed by atoms with van der Waals surface area (Å²) in [4.78, 5) is 12.2. The molecule has 8 atom stereocenters. The minimum Gasteiger partial charge on any atom is -0.393 e. The molecule has 4 aliphatic carbocycles. The van der Waals surface area contributed by atoms with Crippen LogP contribution in [0.2, 0.25) is 0 Å². The van der Waals surface area contributed by atoms with Gasteiger partial charge in [-0.05, 0) is 80.5 Å². The van der Waals surface area contributed by atoms with Crippen molar-refractivity contribution in [3.05, 3.63) is 11.6 Å². The molecule has 134 valence electrons. The van der Waals surface area contributed by atoms with Gasteiger partial charge in [0.1, 0.15) is 5.78 Å². The summed E-state index contributed by atoms with van der Waals surface area (Å²) < 4.78 is 0. The molecule has 0 aromatic rings. The van der Waals surface area contributed by atoms with E-state index >= 15 is 0 Å². The van der Waals surface area contributed by atoms with E-state index in [-0.39, 0.29) is 28.6 Å². The fraction of sp³-hybridized carbons (Fsp3) is 0.857. The number of hydrogen-bond donors (Lipinski definition) is 2. The molecule has 0 spiro atoms. The molecule has 0 aliphatic heterocycles. The smallest absolute Gasteiger partial charge is 0.136 e. The monoisotopic (exact) mass is 332 g/mol. The Morgan fingerprint density at radius 2 is 1.92 bits per heavy atom. The second-order valence-electron chi connectivity index (χ2n) is 9.59. The van der Waals surface area contributed by atoms with Crippen LogP contribution in [-0.4, -0.2) is 28.2 Å². The number of rotatable bonds is 1. The first-order valence-corrected chi connectivity index (χ1v) is 9.83. The lowest BCUT2D eigenvalue weighted by Gasteiger charge is -2.57. The predicted octanol–water partition coefficient (Wildman–Crippen LogP) is 3.49. The van der Waals surface area contributed by atoms with Gasteiger partial charge in [0.25, 0.3) is 0 Å². The van der Waals surface area contributed by atoms with Gasteiger partial charge < -0.3 is 10.2 Å². The first-order valence-electron chi connectivity index (χ1n) is 9.83. The molecule has 0 saturated heterocycles. The average Bonchev–Trinajstić information content (AvgIpc) is 2.78. The summed E-state index contributed by atoms with van der Waals surface area (Å²) in [7, 11) is 0. The van der Waals surface area contributed by atoms with Gasteiger partial charge >= 0.3 is 0 Å². The standard InChI is InChI=1S/C21H32O3/c1-12(22)19-18(24)11-17-15-5-4-13-10-14(23)6-8-20(13,2)16(15)7-9-21(17,19)3/h4,14-19,23-24H,5-11H2,1-3H3/t14-,15?,16?,17?,18?,19+,20-,21-/m0/s1. The lowest BCUT2D eigenvalue weighted by atomic mass is 9.47. The van der Waals surface area contributed by atoms with Crippen LogP contribution >= 0.6 is 0 Å². The third kappa shape index (κ3) is 2.13. The zero-order valence-corrected chi connectivity index (χ0v) is 15.3. The number of aliphatic hydroxyl groups is 2. The highest BCUT2D eigenvalue weighted by molar-refractivity contribution is 5.80. The second-order valence-corrected chi connectivity index (χ2v) is 9.59. The molecule has 3 saturated carbocycles. The fourth-order valence-corrected chi connectivity index (χ4v) is 7.39. The normalized spacial score (nSPS) is 53.6. The van der Waals surface area contributed by atoms with Crippen molar-refractivity contribution in [1.29, 1.82) is 0 Å². The van der Waals surface area contributed by atoms with Crippen molar-refractivity contribution < 1.29 is 15.0 Å². The van der Waals surface area contributed by atoms with Gasteiger partial charge in [0.15, 0.2) is 0 Å². The number of hydrogen-bond acceptors (Lipinski definition) is 3. The van der Waals surface area contributed by atoms with E-state index in [0.29, 0.717) is 17.8 Å². The molecule has 3 nitrogen and oxygen atoms in total. The summed E-state index contributed by atoms with van der Waals surface area (Å²) in [5.74, 6) is 1.70. The molecule has 4 rings (SSSR count). The lowest BCUT2D eigenvalue weighted by Crippen LogP contribution is -2.51. The average molecular weight is 332 g/mol. The maximum absolute atomic E-state index is 12.2. The number of Topliss-reactive ketones (excluding diaryl/α,β-unsaturated/α-hetero) is 1. The molecule has 3 heteroatoms. The van der Waals surface area contributed by atoms with E-state index in [4.69, 9.17) is 0 Å². The molecular weight excluding hydrogens is 300 g/mol.